The molecular formula is C19H19N5O2. The number of aromatic hydroxyl groups is 1. The number of phenolic OH excluding ortho intramolecular Hbond substituents is 1. The molecule has 0 unspecified atom stereocenters. The summed E-state index contributed by atoms with van der Waals surface area (Å²) in [6.07, 6.45) is 2.66. The number of carbonyl (C=O) groups is 1. The van der Waals surface area contributed by atoms with Crippen LogP contribution in [0.1, 0.15) is 41.0 Å². The molecule has 1 aromatic carbocycles. The quantitative estimate of drug-likeness (QED) is 0.625. The van der Waals surface area contributed by atoms with Crippen LogP contribution >= 0.6 is 0 Å². The van der Waals surface area contributed by atoms with Crippen LogP contribution in [0.25, 0.3) is 11.4 Å². The largest absolute Gasteiger partial charge is 0.508 e. The number of phenols is 1. The van der Waals surface area contributed by atoms with Crippen molar-refractivity contribution in [3.05, 3.63) is 52.8 Å². The van der Waals surface area contributed by atoms with Gasteiger partial charge in [0.2, 0.25) is 5.95 Å². The minimum atomic E-state index is -0.283. The van der Waals surface area contributed by atoms with E-state index in [4.69, 9.17) is 5.73 Å². The molecule has 0 fully saturated rings. The lowest BCUT2D eigenvalue weighted by Crippen LogP contribution is -2.28. The van der Waals surface area contributed by atoms with Gasteiger partial charge in [-0.1, -0.05) is 26.0 Å². The van der Waals surface area contributed by atoms with Gasteiger partial charge < -0.3 is 10.8 Å². The zero-order valence-corrected chi connectivity index (χ0v) is 14.6. The Bertz CT molecular complexity index is 1010. The number of nitrogens with one attached hydrogen (secondary N) is 1. The third-order valence-corrected chi connectivity index (χ3v) is 4.76. The average molecular weight is 349 g/mol. The summed E-state index contributed by atoms with van der Waals surface area (Å²) in [6, 6.07) is 6.63. The molecule has 7 nitrogen and oxygen atoms in total. The summed E-state index contributed by atoms with van der Waals surface area (Å²) in [4.78, 5) is 21.3. The van der Waals surface area contributed by atoms with E-state index < -0.39 is 0 Å². The Balaban J connectivity index is 1.76. The Morgan fingerprint density at radius 3 is 2.73 bits per heavy atom. The topological polar surface area (TPSA) is 118 Å². The van der Waals surface area contributed by atoms with Crippen LogP contribution in [0.2, 0.25) is 0 Å². The fourth-order valence-corrected chi connectivity index (χ4v) is 3.58. The van der Waals surface area contributed by atoms with Gasteiger partial charge in [0, 0.05) is 18.2 Å². The number of hydrogen-bond donors (Lipinski definition) is 3. The van der Waals surface area contributed by atoms with E-state index in [2.05, 4.69) is 34.0 Å². The fraction of sp³-hybridized carbons (Fsp3) is 0.263. The van der Waals surface area contributed by atoms with Gasteiger partial charge in [0.1, 0.15) is 17.1 Å². The minimum Gasteiger partial charge on any atom is -0.508 e. The number of H-pyrrole nitrogens is 1. The maximum Gasteiger partial charge on any atom is 0.220 e. The van der Waals surface area contributed by atoms with Gasteiger partial charge in [-0.25, -0.2) is 9.97 Å². The van der Waals surface area contributed by atoms with Gasteiger partial charge in [0.25, 0.3) is 0 Å². The first kappa shape index (κ1) is 16.3. The molecule has 0 aliphatic heterocycles. The number of fused-ring (bicyclic) bond motifs is 3. The van der Waals surface area contributed by atoms with Gasteiger partial charge in [-0.15, -0.1) is 0 Å². The number of rotatable bonds is 3. The van der Waals surface area contributed by atoms with E-state index in [0.29, 0.717) is 23.5 Å². The Morgan fingerprint density at radius 2 is 2.00 bits per heavy atom. The van der Waals surface area contributed by atoms with Crippen molar-refractivity contribution < 1.29 is 9.90 Å². The first-order chi connectivity index (χ1) is 12.3. The molecule has 132 valence electrons. The molecule has 0 saturated heterocycles. The highest BCUT2D eigenvalue weighted by atomic mass is 16.3. The molecular weight excluding hydrogens is 330 g/mol. The number of carbonyl (C=O) groups excluding carboxylic acids is 1. The first-order valence-electron chi connectivity index (χ1n) is 8.37. The highest BCUT2D eigenvalue weighted by Gasteiger charge is 2.38. The molecule has 2 heterocycles. The van der Waals surface area contributed by atoms with Crippen molar-refractivity contribution >= 4 is 11.7 Å². The van der Waals surface area contributed by atoms with Gasteiger partial charge >= 0.3 is 0 Å². The summed E-state index contributed by atoms with van der Waals surface area (Å²) < 4.78 is 0. The molecule has 1 aliphatic carbocycles. The summed E-state index contributed by atoms with van der Waals surface area (Å²) in [6.45, 7) is 4.16. The zero-order valence-electron chi connectivity index (χ0n) is 14.6. The summed E-state index contributed by atoms with van der Waals surface area (Å²) in [5.41, 5.74) is 9.98. The van der Waals surface area contributed by atoms with Crippen LogP contribution in [-0.2, 0) is 18.3 Å². The average Bonchev–Trinajstić information content (AvgIpc) is 3.04. The Labute approximate surface area is 150 Å². The molecule has 0 saturated carbocycles. The lowest BCUT2D eigenvalue weighted by Gasteiger charge is -2.30. The fourth-order valence-electron chi connectivity index (χ4n) is 3.58. The molecule has 0 bridgehead atoms. The van der Waals surface area contributed by atoms with Crippen molar-refractivity contribution in [2.75, 3.05) is 5.73 Å². The normalized spacial score (nSPS) is 14.5. The van der Waals surface area contributed by atoms with Gasteiger partial charge in [0.15, 0.2) is 5.78 Å². The van der Waals surface area contributed by atoms with Crippen molar-refractivity contribution in [1.82, 2.24) is 20.2 Å². The summed E-state index contributed by atoms with van der Waals surface area (Å²) in [7, 11) is 0. The second-order valence-corrected chi connectivity index (χ2v) is 7.25. The number of aromatic amines is 1. The van der Waals surface area contributed by atoms with Gasteiger partial charge in [-0.05, 0) is 35.1 Å². The lowest BCUT2D eigenvalue weighted by atomic mass is 9.72. The molecule has 3 aromatic rings. The maximum atomic E-state index is 12.9. The molecule has 2 aromatic heterocycles. The van der Waals surface area contributed by atoms with Crippen molar-refractivity contribution in [1.29, 1.82) is 0 Å². The second kappa shape index (κ2) is 5.66. The van der Waals surface area contributed by atoms with Crippen molar-refractivity contribution in [3.63, 3.8) is 0 Å². The molecule has 0 spiro atoms. The molecule has 1 aliphatic rings. The summed E-state index contributed by atoms with van der Waals surface area (Å²) >= 11 is 0. The number of nitrogen functional groups attached to an aromatic ring is 1. The van der Waals surface area contributed by atoms with Crippen LogP contribution in [0, 0.1) is 0 Å². The predicted octanol–water partition coefficient (Wildman–Crippen LogP) is 2.41. The second-order valence-electron chi connectivity index (χ2n) is 7.25. The Hall–Kier alpha value is -3.22. The molecule has 4 N–H and O–H groups in total. The number of nitrogens with two attached hydrogens (primary N) is 1. The van der Waals surface area contributed by atoms with E-state index in [1.54, 1.807) is 30.5 Å². The Morgan fingerprint density at radius 1 is 1.27 bits per heavy atom. The number of benzene rings is 1. The molecule has 0 amide bonds. The number of nitrogens with zero attached hydrogens (tertiary/aromatic N) is 3. The number of ketones is 1. The molecule has 7 heteroatoms. The highest BCUT2D eigenvalue weighted by molar-refractivity contribution is 5.99. The molecule has 0 atom stereocenters. The van der Waals surface area contributed by atoms with Gasteiger partial charge in [-0.3, -0.25) is 9.89 Å². The molecule has 26 heavy (non-hydrogen) atoms. The van der Waals surface area contributed by atoms with Crippen LogP contribution in [-0.4, -0.2) is 31.1 Å². The number of aromatic nitrogens is 4. The van der Waals surface area contributed by atoms with E-state index in [0.717, 1.165) is 16.7 Å². The van der Waals surface area contributed by atoms with E-state index in [-0.39, 0.29) is 29.3 Å². The van der Waals surface area contributed by atoms with E-state index in [1.165, 1.54) is 0 Å². The summed E-state index contributed by atoms with van der Waals surface area (Å²) in [5.74, 6) is 0.313. The van der Waals surface area contributed by atoms with Gasteiger partial charge in [-0.2, -0.15) is 5.10 Å². The van der Waals surface area contributed by atoms with E-state index in [1.807, 2.05) is 0 Å². The first-order valence-corrected chi connectivity index (χ1v) is 8.37. The smallest absolute Gasteiger partial charge is 0.220 e. The third kappa shape index (κ3) is 2.61. The van der Waals surface area contributed by atoms with Gasteiger partial charge in [0.05, 0.1) is 5.69 Å². The highest BCUT2D eigenvalue weighted by Crippen LogP contribution is 2.42. The zero-order chi connectivity index (χ0) is 18.5. The lowest BCUT2D eigenvalue weighted by molar-refractivity contribution is 0.0986. The Kier molecular flexibility index (Phi) is 3.54. The van der Waals surface area contributed by atoms with E-state index >= 15 is 0 Å². The monoisotopic (exact) mass is 349 g/mol. The SMILES string of the molecule is CC1(C)Cc2cnc(N)nc2-c2n[nH]c(C(=O)Cc3ccc(O)cc3)c21. The maximum absolute atomic E-state index is 12.9. The van der Waals surface area contributed by atoms with E-state index in [9.17, 15) is 9.90 Å². The number of anilines is 1. The number of hydrogen-bond acceptors (Lipinski definition) is 6. The van der Waals surface area contributed by atoms with Crippen LogP contribution in [0.3, 0.4) is 0 Å². The van der Waals surface area contributed by atoms with Crippen LogP contribution in [0.5, 0.6) is 5.75 Å². The van der Waals surface area contributed by atoms with Crippen LogP contribution < -0.4 is 5.73 Å². The minimum absolute atomic E-state index is 0.0528. The number of Topliss-reactive ketones (excluding diaryl/α,β-unsaturated/α-hetero) is 1. The standard InChI is InChI=1S/C19H19N5O2/c1-19(2)8-11-9-21-18(20)22-15(11)17-14(19)16(23-24-17)13(26)7-10-3-5-12(25)6-4-10/h3-6,9,25H,7-8H2,1-2H3,(H,23,24)(H2,20,21,22). The summed E-state index contributed by atoms with van der Waals surface area (Å²) in [5, 5.41) is 16.7. The molecule has 0 radical (unpaired) electrons. The van der Waals surface area contributed by atoms with Crippen molar-refractivity contribution in [2.45, 2.75) is 32.1 Å². The molecule has 4 rings (SSSR count). The van der Waals surface area contributed by atoms with Crippen LogP contribution in [0.15, 0.2) is 30.5 Å². The van der Waals surface area contributed by atoms with Crippen molar-refractivity contribution in [3.8, 4) is 17.1 Å². The predicted molar refractivity (Wildman–Crippen MR) is 96.9 cm³/mol. The van der Waals surface area contributed by atoms with Crippen molar-refractivity contribution in [2.24, 2.45) is 0 Å². The van der Waals surface area contributed by atoms with Crippen LogP contribution in [0.4, 0.5) is 5.95 Å². The third-order valence-electron chi connectivity index (χ3n) is 4.76.